The van der Waals surface area contributed by atoms with Crippen molar-refractivity contribution in [3.05, 3.63) is 24.3 Å². The van der Waals surface area contributed by atoms with E-state index in [0.29, 0.717) is 10.6 Å². The van der Waals surface area contributed by atoms with Gasteiger partial charge in [-0.25, -0.2) is 4.98 Å². The monoisotopic (exact) mass is 295 g/mol. The first kappa shape index (κ1) is 13.3. The smallest absolute Gasteiger partial charge is 0.111 e. The quantitative estimate of drug-likeness (QED) is 0.791. The highest BCUT2D eigenvalue weighted by molar-refractivity contribution is 8.00. The molecule has 0 radical (unpaired) electrons. The first-order chi connectivity index (χ1) is 9.28. The molecule has 0 saturated heterocycles. The van der Waals surface area contributed by atoms with Crippen molar-refractivity contribution < 1.29 is 0 Å². The van der Waals surface area contributed by atoms with E-state index in [-0.39, 0.29) is 0 Å². The first-order valence-electron chi connectivity index (χ1n) is 6.68. The van der Waals surface area contributed by atoms with Crippen molar-refractivity contribution in [1.29, 1.82) is 0 Å². The molecular weight excluding hydrogens is 278 g/mol. The lowest BCUT2D eigenvalue weighted by atomic mass is 9.84. The maximum atomic E-state index is 5.91. The summed E-state index contributed by atoms with van der Waals surface area (Å²) in [6, 6.07) is 2.06. The number of pyridine rings is 1. The molecule has 2 heterocycles. The van der Waals surface area contributed by atoms with E-state index in [1.54, 1.807) is 0 Å². The summed E-state index contributed by atoms with van der Waals surface area (Å²) in [5.41, 5.74) is 2.17. The van der Waals surface area contributed by atoms with Crippen molar-refractivity contribution in [2.75, 3.05) is 12.1 Å². The van der Waals surface area contributed by atoms with Crippen LogP contribution >= 0.6 is 23.4 Å². The Bertz CT molecular complexity index is 572. The maximum Gasteiger partial charge on any atom is 0.111 e. The molecule has 5 heteroatoms. The molecule has 0 aromatic carbocycles. The van der Waals surface area contributed by atoms with Gasteiger partial charge in [-0.1, -0.05) is 6.42 Å². The Kier molecular flexibility index (Phi) is 3.72. The summed E-state index contributed by atoms with van der Waals surface area (Å²) in [6.07, 6.45) is 10.7. The Hall–Kier alpha value is -0.740. The summed E-state index contributed by atoms with van der Waals surface area (Å²) >= 11 is 7.91. The van der Waals surface area contributed by atoms with Crippen molar-refractivity contribution in [3.63, 3.8) is 0 Å². The van der Waals surface area contributed by atoms with Gasteiger partial charge in [0.15, 0.2) is 0 Å². The highest BCUT2D eigenvalue weighted by Gasteiger charge is 2.37. The van der Waals surface area contributed by atoms with Crippen LogP contribution in [-0.2, 0) is 13.0 Å². The van der Waals surface area contributed by atoms with Gasteiger partial charge in [-0.05, 0) is 25.2 Å². The number of thioether (sulfide) groups is 1. The van der Waals surface area contributed by atoms with E-state index >= 15 is 0 Å². The molecule has 1 fully saturated rings. The number of hydrogen-bond donors (Lipinski definition) is 0. The number of fused-ring (bicyclic) bond motifs is 1. The molecule has 3 nitrogen and oxygen atoms in total. The summed E-state index contributed by atoms with van der Waals surface area (Å²) in [5, 5.41) is 0. The van der Waals surface area contributed by atoms with Gasteiger partial charge >= 0.3 is 0 Å². The minimum absolute atomic E-state index is 0.401. The molecular formula is C14H18ClN3S. The van der Waals surface area contributed by atoms with Crippen LogP contribution in [-0.4, -0.2) is 31.4 Å². The minimum Gasteiger partial charge on any atom is -0.326 e. The number of alkyl halides is 1. The lowest BCUT2D eigenvalue weighted by Gasteiger charge is -2.41. The normalized spacial score (nSPS) is 17.6. The molecule has 19 heavy (non-hydrogen) atoms. The molecule has 3 rings (SSSR count). The van der Waals surface area contributed by atoms with E-state index in [9.17, 15) is 0 Å². The van der Waals surface area contributed by atoms with Crippen LogP contribution in [0.4, 0.5) is 0 Å². The molecule has 1 aliphatic carbocycles. The van der Waals surface area contributed by atoms with E-state index in [1.807, 2.05) is 24.2 Å². The number of rotatable bonds is 5. The Morgan fingerprint density at radius 1 is 1.47 bits per heavy atom. The van der Waals surface area contributed by atoms with Gasteiger partial charge in [0.2, 0.25) is 0 Å². The topological polar surface area (TPSA) is 30.7 Å². The second-order valence-corrected chi connectivity index (χ2v) is 6.81. The van der Waals surface area contributed by atoms with Gasteiger partial charge in [-0.3, -0.25) is 4.98 Å². The maximum absolute atomic E-state index is 5.91. The molecule has 1 aliphatic rings. The van der Waals surface area contributed by atoms with Crippen LogP contribution < -0.4 is 0 Å². The minimum atomic E-state index is 0.401. The second kappa shape index (κ2) is 5.33. The Labute approximate surface area is 122 Å². The molecule has 2 aromatic rings. The predicted molar refractivity (Wildman–Crippen MR) is 82.0 cm³/mol. The van der Waals surface area contributed by atoms with Gasteiger partial charge < -0.3 is 4.57 Å². The Morgan fingerprint density at radius 3 is 2.95 bits per heavy atom. The van der Waals surface area contributed by atoms with Crippen LogP contribution in [0.5, 0.6) is 0 Å². The zero-order chi connectivity index (χ0) is 13.3. The third-order valence-corrected chi connectivity index (χ3v) is 5.68. The SMILES string of the molecule is CSC1(Cn2c(CCCl)nc3cnccc32)CCC1. The van der Waals surface area contributed by atoms with Crippen molar-refractivity contribution >= 4 is 34.4 Å². The number of nitrogens with zero attached hydrogens (tertiary/aromatic N) is 3. The van der Waals surface area contributed by atoms with Crippen LogP contribution in [0, 0.1) is 0 Å². The molecule has 0 atom stereocenters. The molecule has 2 aromatic heterocycles. The van der Waals surface area contributed by atoms with Crippen LogP contribution in [0.2, 0.25) is 0 Å². The van der Waals surface area contributed by atoms with Gasteiger partial charge in [0, 0.05) is 29.8 Å². The third-order valence-electron chi connectivity index (χ3n) is 4.09. The number of aryl methyl sites for hydroxylation is 1. The molecule has 1 saturated carbocycles. The summed E-state index contributed by atoms with van der Waals surface area (Å²) in [4.78, 5) is 8.85. The average Bonchev–Trinajstić information content (AvgIpc) is 2.72. The molecule has 0 unspecified atom stereocenters. The fourth-order valence-corrected chi connectivity index (χ4v) is 3.89. The van der Waals surface area contributed by atoms with Crippen molar-refractivity contribution in [3.8, 4) is 0 Å². The van der Waals surface area contributed by atoms with Crippen molar-refractivity contribution in [2.24, 2.45) is 0 Å². The molecule has 0 bridgehead atoms. The molecule has 0 amide bonds. The number of halogens is 1. The number of aromatic nitrogens is 3. The molecule has 0 spiro atoms. The van der Waals surface area contributed by atoms with E-state index < -0.39 is 0 Å². The number of hydrogen-bond acceptors (Lipinski definition) is 3. The average molecular weight is 296 g/mol. The largest absolute Gasteiger partial charge is 0.326 e. The second-order valence-electron chi connectivity index (χ2n) is 5.16. The van der Waals surface area contributed by atoms with Gasteiger partial charge in [0.1, 0.15) is 11.3 Å². The molecule has 0 aliphatic heterocycles. The van der Waals surface area contributed by atoms with E-state index in [2.05, 4.69) is 26.9 Å². The van der Waals surface area contributed by atoms with Crippen LogP contribution in [0.15, 0.2) is 18.5 Å². The fourth-order valence-electron chi connectivity index (χ4n) is 2.77. The Balaban J connectivity index is 2.02. The first-order valence-corrected chi connectivity index (χ1v) is 8.44. The summed E-state index contributed by atoms with van der Waals surface area (Å²) in [7, 11) is 0. The van der Waals surface area contributed by atoms with Crippen LogP contribution in [0.25, 0.3) is 11.0 Å². The lowest BCUT2D eigenvalue weighted by Crippen LogP contribution is -2.38. The zero-order valence-corrected chi connectivity index (χ0v) is 12.7. The van der Waals surface area contributed by atoms with E-state index in [1.165, 1.54) is 24.8 Å². The third kappa shape index (κ3) is 2.36. The van der Waals surface area contributed by atoms with Gasteiger partial charge in [-0.15, -0.1) is 11.6 Å². The Morgan fingerprint density at radius 2 is 2.32 bits per heavy atom. The van der Waals surface area contributed by atoms with E-state index in [4.69, 9.17) is 11.6 Å². The highest BCUT2D eigenvalue weighted by Crippen LogP contribution is 2.44. The predicted octanol–water partition coefficient (Wildman–Crippen LogP) is 3.50. The highest BCUT2D eigenvalue weighted by atomic mass is 35.5. The van der Waals surface area contributed by atoms with Crippen LogP contribution in [0.1, 0.15) is 25.1 Å². The van der Waals surface area contributed by atoms with Gasteiger partial charge in [0.05, 0.1) is 11.7 Å². The molecule has 102 valence electrons. The van der Waals surface area contributed by atoms with Crippen molar-refractivity contribution in [2.45, 2.75) is 37.0 Å². The van der Waals surface area contributed by atoms with Crippen molar-refractivity contribution in [1.82, 2.24) is 14.5 Å². The van der Waals surface area contributed by atoms with Gasteiger partial charge in [-0.2, -0.15) is 11.8 Å². The van der Waals surface area contributed by atoms with E-state index in [0.717, 1.165) is 24.3 Å². The zero-order valence-electron chi connectivity index (χ0n) is 11.1. The number of imidazole rings is 1. The van der Waals surface area contributed by atoms with Gasteiger partial charge in [0.25, 0.3) is 0 Å². The lowest BCUT2D eigenvalue weighted by molar-refractivity contribution is 0.322. The van der Waals surface area contributed by atoms with Crippen LogP contribution in [0.3, 0.4) is 0 Å². The molecule has 0 N–H and O–H groups in total. The summed E-state index contributed by atoms with van der Waals surface area (Å²) < 4.78 is 2.76. The summed E-state index contributed by atoms with van der Waals surface area (Å²) in [6.45, 7) is 1.04. The standard InChI is InChI=1S/C14H18ClN3S/c1-19-14(5-2-6-14)10-18-12-4-8-16-9-11(12)17-13(18)3-7-15/h4,8-9H,2-3,5-7,10H2,1H3. The summed E-state index contributed by atoms with van der Waals surface area (Å²) in [5.74, 6) is 1.71. The fraction of sp³-hybridized carbons (Fsp3) is 0.571.